The number of amides is 3. The van der Waals surface area contributed by atoms with Crippen LogP contribution in [-0.2, 0) is 16.1 Å². The Labute approximate surface area is 126 Å². The molecule has 7 heteroatoms. The van der Waals surface area contributed by atoms with Gasteiger partial charge < -0.3 is 9.80 Å². The SMILES string of the molecule is CN(C)c1cc2c(cc1F)CN(C1CCC(=O)NC1=O)C2=O. The Morgan fingerprint density at radius 1 is 1.27 bits per heavy atom. The number of carbonyl (C=O) groups excluding carboxylic acids is 3. The first-order valence-corrected chi connectivity index (χ1v) is 7.03. The molecule has 0 aromatic heterocycles. The van der Waals surface area contributed by atoms with Gasteiger partial charge in [-0.1, -0.05) is 0 Å². The highest BCUT2D eigenvalue weighted by atomic mass is 19.1. The van der Waals surface area contributed by atoms with E-state index < -0.39 is 17.8 Å². The van der Waals surface area contributed by atoms with Crippen molar-refractivity contribution in [3.8, 4) is 0 Å². The zero-order chi connectivity index (χ0) is 16.0. The van der Waals surface area contributed by atoms with Crippen LogP contribution in [0.2, 0.25) is 0 Å². The highest BCUT2D eigenvalue weighted by molar-refractivity contribution is 6.05. The number of fused-ring (bicyclic) bond motifs is 1. The van der Waals surface area contributed by atoms with Gasteiger partial charge in [-0.2, -0.15) is 0 Å². The number of imide groups is 1. The van der Waals surface area contributed by atoms with Gasteiger partial charge in [0.05, 0.1) is 5.69 Å². The van der Waals surface area contributed by atoms with E-state index in [0.717, 1.165) is 0 Å². The van der Waals surface area contributed by atoms with Crippen LogP contribution in [-0.4, -0.2) is 42.8 Å². The predicted molar refractivity (Wildman–Crippen MR) is 76.8 cm³/mol. The molecule has 2 aliphatic rings. The highest BCUT2D eigenvalue weighted by Crippen LogP contribution is 2.31. The smallest absolute Gasteiger partial charge is 0.255 e. The van der Waals surface area contributed by atoms with Crippen LogP contribution in [0.4, 0.5) is 10.1 Å². The van der Waals surface area contributed by atoms with Gasteiger partial charge in [0.2, 0.25) is 11.8 Å². The minimum atomic E-state index is -0.677. The number of benzene rings is 1. The lowest BCUT2D eigenvalue weighted by atomic mass is 10.0. The first-order chi connectivity index (χ1) is 10.4. The molecule has 0 saturated carbocycles. The molecule has 1 fully saturated rings. The van der Waals surface area contributed by atoms with E-state index in [9.17, 15) is 18.8 Å². The second kappa shape index (κ2) is 5.08. The summed E-state index contributed by atoms with van der Waals surface area (Å²) in [6.07, 6.45) is 0.501. The van der Waals surface area contributed by atoms with Gasteiger partial charge in [0.25, 0.3) is 5.91 Å². The number of anilines is 1. The molecule has 2 heterocycles. The summed E-state index contributed by atoms with van der Waals surface area (Å²) in [4.78, 5) is 38.7. The van der Waals surface area contributed by atoms with Crippen LogP contribution in [0.25, 0.3) is 0 Å². The molecular weight excluding hydrogens is 289 g/mol. The number of carbonyl (C=O) groups is 3. The maximum absolute atomic E-state index is 14.0. The van der Waals surface area contributed by atoms with Crippen molar-refractivity contribution in [1.82, 2.24) is 10.2 Å². The van der Waals surface area contributed by atoms with Gasteiger partial charge >= 0.3 is 0 Å². The maximum atomic E-state index is 14.0. The Morgan fingerprint density at radius 2 is 2.00 bits per heavy atom. The zero-order valence-corrected chi connectivity index (χ0v) is 12.4. The monoisotopic (exact) mass is 305 g/mol. The van der Waals surface area contributed by atoms with Crippen molar-refractivity contribution in [2.75, 3.05) is 19.0 Å². The average molecular weight is 305 g/mol. The van der Waals surface area contributed by atoms with E-state index in [-0.39, 0.29) is 24.8 Å². The summed E-state index contributed by atoms with van der Waals surface area (Å²) in [7, 11) is 3.39. The van der Waals surface area contributed by atoms with Crippen LogP contribution < -0.4 is 10.2 Å². The number of rotatable bonds is 2. The van der Waals surface area contributed by atoms with E-state index in [1.54, 1.807) is 19.0 Å². The fourth-order valence-corrected chi connectivity index (χ4v) is 2.92. The van der Waals surface area contributed by atoms with Crippen molar-refractivity contribution in [2.45, 2.75) is 25.4 Å². The first-order valence-electron chi connectivity index (χ1n) is 7.03. The van der Waals surface area contributed by atoms with Crippen LogP contribution in [0.1, 0.15) is 28.8 Å². The fourth-order valence-electron chi connectivity index (χ4n) is 2.92. The molecule has 3 amide bonds. The van der Waals surface area contributed by atoms with Crippen LogP contribution in [0.5, 0.6) is 0 Å². The van der Waals surface area contributed by atoms with Crippen molar-refractivity contribution in [2.24, 2.45) is 0 Å². The van der Waals surface area contributed by atoms with Gasteiger partial charge in [-0.15, -0.1) is 0 Å². The third kappa shape index (κ3) is 2.22. The number of halogens is 1. The lowest BCUT2D eigenvalue weighted by molar-refractivity contribution is -0.136. The molecule has 0 radical (unpaired) electrons. The fraction of sp³-hybridized carbons (Fsp3) is 0.400. The third-order valence-corrected chi connectivity index (χ3v) is 4.07. The minimum absolute atomic E-state index is 0.186. The Bertz CT molecular complexity index is 687. The largest absolute Gasteiger partial charge is 0.375 e. The number of hydrogen-bond acceptors (Lipinski definition) is 4. The molecule has 6 nitrogen and oxygen atoms in total. The molecule has 1 atom stereocenters. The Kier molecular flexibility index (Phi) is 3.35. The number of hydrogen-bond donors (Lipinski definition) is 1. The lowest BCUT2D eigenvalue weighted by Crippen LogP contribution is -2.52. The third-order valence-electron chi connectivity index (χ3n) is 4.07. The highest BCUT2D eigenvalue weighted by Gasteiger charge is 2.39. The molecule has 2 aliphatic heterocycles. The Balaban J connectivity index is 1.91. The molecule has 0 bridgehead atoms. The van der Waals surface area contributed by atoms with Crippen LogP contribution in [0, 0.1) is 5.82 Å². The number of nitrogens with one attached hydrogen (secondary N) is 1. The molecule has 116 valence electrons. The quantitative estimate of drug-likeness (QED) is 0.815. The summed E-state index contributed by atoms with van der Waals surface area (Å²) in [6, 6.07) is 2.18. The normalized spacial score (nSPS) is 21.0. The van der Waals surface area contributed by atoms with E-state index in [0.29, 0.717) is 23.2 Å². The minimum Gasteiger partial charge on any atom is -0.375 e. The van der Waals surface area contributed by atoms with Crippen molar-refractivity contribution in [3.63, 3.8) is 0 Å². The van der Waals surface area contributed by atoms with E-state index in [1.165, 1.54) is 17.0 Å². The van der Waals surface area contributed by atoms with Crippen LogP contribution >= 0.6 is 0 Å². The number of piperidine rings is 1. The standard InChI is InChI=1S/C15H16FN3O3/c1-18(2)12-6-9-8(5-10(12)16)7-19(15(9)22)11-3-4-13(20)17-14(11)21/h5-6,11H,3-4,7H2,1-2H3,(H,17,20,21). The van der Waals surface area contributed by atoms with Gasteiger partial charge in [0.1, 0.15) is 11.9 Å². The molecular formula is C15H16FN3O3. The summed E-state index contributed by atoms with van der Waals surface area (Å²) in [6.45, 7) is 0.186. The van der Waals surface area contributed by atoms with Crippen LogP contribution in [0.3, 0.4) is 0 Å². The molecule has 1 aromatic rings. The van der Waals surface area contributed by atoms with Crippen molar-refractivity contribution < 1.29 is 18.8 Å². The summed E-state index contributed by atoms with van der Waals surface area (Å²) < 4.78 is 14.0. The van der Waals surface area contributed by atoms with E-state index in [1.807, 2.05) is 0 Å². The Hall–Kier alpha value is -2.44. The first kappa shape index (κ1) is 14.5. The molecule has 1 aromatic carbocycles. The molecule has 22 heavy (non-hydrogen) atoms. The summed E-state index contributed by atoms with van der Waals surface area (Å²) in [5.74, 6) is -1.49. The topological polar surface area (TPSA) is 69.7 Å². The van der Waals surface area contributed by atoms with Gasteiger partial charge in [-0.25, -0.2) is 4.39 Å². The summed E-state index contributed by atoms with van der Waals surface area (Å²) in [5.41, 5.74) is 1.31. The summed E-state index contributed by atoms with van der Waals surface area (Å²) >= 11 is 0. The summed E-state index contributed by atoms with van der Waals surface area (Å²) in [5, 5.41) is 2.24. The molecule has 1 unspecified atom stereocenters. The van der Waals surface area contributed by atoms with E-state index >= 15 is 0 Å². The van der Waals surface area contributed by atoms with Crippen LogP contribution in [0.15, 0.2) is 12.1 Å². The van der Waals surface area contributed by atoms with Gasteiger partial charge in [0.15, 0.2) is 0 Å². The Morgan fingerprint density at radius 3 is 2.64 bits per heavy atom. The molecule has 3 rings (SSSR count). The van der Waals surface area contributed by atoms with Crippen molar-refractivity contribution >= 4 is 23.4 Å². The lowest BCUT2D eigenvalue weighted by Gasteiger charge is -2.29. The maximum Gasteiger partial charge on any atom is 0.255 e. The molecule has 0 spiro atoms. The predicted octanol–water partition coefficient (Wildman–Crippen LogP) is 0.653. The van der Waals surface area contributed by atoms with Gasteiger partial charge in [-0.05, 0) is 24.1 Å². The zero-order valence-electron chi connectivity index (χ0n) is 12.4. The molecule has 0 aliphatic carbocycles. The van der Waals surface area contributed by atoms with Crippen molar-refractivity contribution in [3.05, 3.63) is 29.1 Å². The molecule has 1 saturated heterocycles. The average Bonchev–Trinajstić information content (AvgIpc) is 2.74. The molecule has 1 N–H and O–H groups in total. The second-order valence-corrected chi connectivity index (χ2v) is 5.76. The van der Waals surface area contributed by atoms with Gasteiger partial charge in [0, 0.05) is 32.6 Å². The van der Waals surface area contributed by atoms with E-state index in [2.05, 4.69) is 5.32 Å². The van der Waals surface area contributed by atoms with Gasteiger partial charge in [-0.3, -0.25) is 19.7 Å². The van der Waals surface area contributed by atoms with Crippen molar-refractivity contribution in [1.29, 1.82) is 0 Å². The van der Waals surface area contributed by atoms with E-state index in [4.69, 9.17) is 0 Å². The second-order valence-electron chi connectivity index (χ2n) is 5.76. The number of nitrogens with zero attached hydrogens (tertiary/aromatic N) is 2.